The van der Waals surface area contributed by atoms with Gasteiger partial charge in [-0.1, -0.05) is 17.4 Å². The van der Waals surface area contributed by atoms with E-state index in [0.29, 0.717) is 5.69 Å². The van der Waals surface area contributed by atoms with Crippen molar-refractivity contribution in [2.24, 2.45) is 0 Å². The van der Waals surface area contributed by atoms with Crippen molar-refractivity contribution < 1.29 is 9.18 Å². The number of thiazole rings is 1. The quantitative estimate of drug-likeness (QED) is 0.906. The van der Waals surface area contributed by atoms with Crippen molar-refractivity contribution in [1.29, 1.82) is 0 Å². The summed E-state index contributed by atoms with van der Waals surface area (Å²) in [6.45, 7) is 0.195. The van der Waals surface area contributed by atoms with E-state index in [2.05, 4.69) is 26.2 Å². The Bertz CT molecular complexity index is 638. The largest absolute Gasteiger partial charge is 0.346 e. The van der Waals surface area contributed by atoms with E-state index in [4.69, 9.17) is 0 Å². The van der Waals surface area contributed by atoms with Gasteiger partial charge in [0, 0.05) is 11.1 Å². The zero-order valence-corrected chi connectivity index (χ0v) is 11.4. The predicted octanol–water partition coefficient (Wildman–Crippen LogP) is 2.27. The molecule has 0 unspecified atom stereocenters. The van der Waals surface area contributed by atoms with Gasteiger partial charge in [0.1, 0.15) is 5.82 Å². The molecule has 0 saturated carbocycles. The lowest BCUT2D eigenvalue weighted by molar-refractivity contribution is 0.0949. The molecule has 0 spiro atoms. The van der Waals surface area contributed by atoms with Crippen LogP contribution in [0, 0.1) is 5.82 Å². The summed E-state index contributed by atoms with van der Waals surface area (Å²) >= 11 is 4.05. The third kappa shape index (κ3) is 2.85. The lowest BCUT2D eigenvalue weighted by Gasteiger charge is -2.06. The van der Waals surface area contributed by atoms with E-state index in [1.165, 1.54) is 18.2 Å². The molecule has 2 N–H and O–H groups in total. The zero-order valence-electron chi connectivity index (χ0n) is 9.00. The number of aromatic amines is 1. The molecule has 0 aliphatic carbocycles. The van der Waals surface area contributed by atoms with Crippen LogP contribution in [0.1, 0.15) is 16.1 Å². The minimum atomic E-state index is -0.494. The second-order valence-electron chi connectivity index (χ2n) is 3.46. The molecule has 1 heterocycles. The summed E-state index contributed by atoms with van der Waals surface area (Å²) in [5.74, 6) is -0.903. The van der Waals surface area contributed by atoms with Gasteiger partial charge >= 0.3 is 4.87 Å². The first-order chi connectivity index (χ1) is 8.58. The number of nitrogens with one attached hydrogen (secondary N) is 2. The van der Waals surface area contributed by atoms with Gasteiger partial charge < -0.3 is 10.3 Å². The molecule has 0 radical (unpaired) electrons. The number of H-pyrrole nitrogens is 1. The molecule has 0 saturated heterocycles. The summed E-state index contributed by atoms with van der Waals surface area (Å²) in [7, 11) is 0. The minimum absolute atomic E-state index is 0.126. The molecule has 1 amide bonds. The average Bonchev–Trinajstić information content (AvgIpc) is 2.76. The molecule has 1 aromatic heterocycles. The summed E-state index contributed by atoms with van der Waals surface area (Å²) in [6.07, 6.45) is 0. The monoisotopic (exact) mass is 330 g/mol. The van der Waals surface area contributed by atoms with Crippen LogP contribution in [0.5, 0.6) is 0 Å². The maximum Gasteiger partial charge on any atom is 0.304 e. The molecule has 2 aromatic rings. The van der Waals surface area contributed by atoms with Crippen LogP contribution in [-0.2, 0) is 6.54 Å². The Morgan fingerprint density at radius 3 is 2.94 bits per heavy atom. The number of benzene rings is 1. The standard InChI is InChI=1S/C11H8BrFN2O2S/c12-9-7(2-1-3-8(9)13)10(16)14-4-6-5-18-11(17)15-6/h1-3,5H,4H2,(H,14,16)(H,15,17). The maximum absolute atomic E-state index is 13.2. The fraction of sp³-hybridized carbons (Fsp3) is 0.0909. The van der Waals surface area contributed by atoms with Crippen molar-refractivity contribution in [2.75, 3.05) is 0 Å². The fourth-order valence-electron chi connectivity index (χ4n) is 1.35. The van der Waals surface area contributed by atoms with Crippen molar-refractivity contribution >= 4 is 33.2 Å². The Labute approximate surface area is 114 Å². The van der Waals surface area contributed by atoms with E-state index in [0.717, 1.165) is 11.3 Å². The van der Waals surface area contributed by atoms with Crippen LogP contribution in [0.4, 0.5) is 4.39 Å². The van der Waals surface area contributed by atoms with Gasteiger partial charge in [0.15, 0.2) is 0 Å². The van der Waals surface area contributed by atoms with Gasteiger partial charge in [-0.05, 0) is 28.1 Å². The van der Waals surface area contributed by atoms with E-state index >= 15 is 0 Å². The molecule has 1 aromatic carbocycles. The van der Waals surface area contributed by atoms with Gasteiger partial charge in [0.05, 0.1) is 16.6 Å². The van der Waals surface area contributed by atoms with Crippen LogP contribution in [0.15, 0.2) is 32.8 Å². The Morgan fingerprint density at radius 1 is 1.50 bits per heavy atom. The van der Waals surface area contributed by atoms with Gasteiger partial charge in [-0.25, -0.2) is 4.39 Å². The first-order valence-corrected chi connectivity index (χ1v) is 6.64. The van der Waals surface area contributed by atoms with E-state index in [1.54, 1.807) is 5.38 Å². The fourth-order valence-corrected chi connectivity index (χ4v) is 2.38. The van der Waals surface area contributed by atoms with Crippen LogP contribution in [-0.4, -0.2) is 10.9 Å². The number of amides is 1. The number of rotatable bonds is 3. The van der Waals surface area contributed by atoms with Crippen LogP contribution in [0.2, 0.25) is 0 Å². The number of aromatic nitrogens is 1. The molecule has 0 atom stereocenters. The molecule has 18 heavy (non-hydrogen) atoms. The number of halogens is 2. The van der Waals surface area contributed by atoms with E-state index in [1.807, 2.05) is 0 Å². The van der Waals surface area contributed by atoms with Crippen LogP contribution >= 0.6 is 27.3 Å². The molecular weight excluding hydrogens is 323 g/mol. The Morgan fingerprint density at radius 2 is 2.28 bits per heavy atom. The normalized spacial score (nSPS) is 10.3. The molecular formula is C11H8BrFN2O2S. The van der Waals surface area contributed by atoms with Crippen LogP contribution in [0.3, 0.4) is 0 Å². The minimum Gasteiger partial charge on any atom is -0.346 e. The second kappa shape index (κ2) is 5.45. The highest BCUT2D eigenvalue weighted by Gasteiger charge is 2.12. The molecule has 0 aliphatic rings. The predicted molar refractivity (Wildman–Crippen MR) is 70.2 cm³/mol. The van der Waals surface area contributed by atoms with Crippen molar-refractivity contribution in [3.63, 3.8) is 0 Å². The Balaban J connectivity index is 2.08. The van der Waals surface area contributed by atoms with E-state index in [9.17, 15) is 14.0 Å². The molecule has 2 rings (SSSR count). The van der Waals surface area contributed by atoms with Gasteiger partial charge in [-0.3, -0.25) is 9.59 Å². The summed E-state index contributed by atoms with van der Waals surface area (Å²) < 4.78 is 13.4. The van der Waals surface area contributed by atoms with E-state index in [-0.39, 0.29) is 21.5 Å². The van der Waals surface area contributed by atoms with Crippen molar-refractivity contribution in [3.05, 3.63) is 54.8 Å². The van der Waals surface area contributed by atoms with Crippen LogP contribution in [0.25, 0.3) is 0 Å². The molecule has 0 aliphatic heterocycles. The van der Waals surface area contributed by atoms with Gasteiger partial charge in [-0.15, -0.1) is 0 Å². The molecule has 7 heteroatoms. The number of carbonyl (C=O) groups excluding carboxylic acids is 1. The molecule has 0 bridgehead atoms. The smallest absolute Gasteiger partial charge is 0.304 e. The average molecular weight is 331 g/mol. The maximum atomic E-state index is 13.2. The molecule has 4 nitrogen and oxygen atoms in total. The van der Waals surface area contributed by atoms with E-state index < -0.39 is 11.7 Å². The summed E-state index contributed by atoms with van der Waals surface area (Å²) in [6, 6.07) is 4.23. The van der Waals surface area contributed by atoms with Gasteiger partial charge in [-0.2, -0.15) is 0 Å². The topological polar surface area (TPSA) is 62.0 Å². The highest BCUT2D eigenvalue weighted by atomic mass is 79.9. The lowest BCUT2D eigenvalue weighted by atomic mass is 10.2. The first kappa shape index (κ1) is 13.0. The summed E-state index contributed by atoms with van der Waals surface area (Å²) in [5.41, 5.74) is 0.832. The Kier molecular flexibility index (Phi) is 3.93. The highest BCUT2D eigenvalue weighted by Crippen LogP contribution is 2.20. The first-order valence-electron chi connectivity index (χ1n) is 4.97. The SMILES string of the molecule is O=C(NCc1csc(=O)[nH]1)c1cccc(F)c1Br. The molecule has 0 fully saturated rings. The van der Waals surface area contributed by atoms with Crippen molar-refractivity contribution in [2.45, 2.75) is 6.54 Å². The van der Waals surface area contributed by atoms with Crippen molar-refractivity contribution in [1.82, 2.24) is 10.3 Å². The highest BCUT2D eigenvalue weighted by molar-refractivity contribution is 9.10. The zero-order chi connectivity index (χ0) is 13.1. The molecule has 94 valence electrons. The second-order valence-corrected chi connectivity index (χ2v) is 5.09. The number of hydrogen-bond acceptors (Lipinski definition) is 3. The number of carbonyl (C=O) groups is 1. The third-order valence-corrected chi connectivity index (χ3v) is 3.73. The Hall–Kier alpha value is -1.47. The number of hydrogen-bond donors (Lipinski definition) is 2. The lowest BCUT2D eigenvalue weighted by Crippen LogP contribution is -2.23. The third-order valence-electron chi connectivity index (χ3n) is 2.21. The van der Waals surface area contributed by atoms with Gasteiger partial charge in [0.2, 0.25) is 0 Å². The van der Waals surface area contributed by atoms with Crippen LogP contribution < -0.4 is 10.2 Å². The van der Waals surface area contributed by atoms with Crippen molar-refractivity contribution in [3.8, 4) is 0 Å². The summed E-state index contributed by atoms with van der Waals surface area (Å²) in [5, 5.41) is 4.23. The summed E-state index contributed by atoms with van der Waals surface area (Å²) in [4.78, 5) is 25.1. The van der Waals surface area contributed by atoms with Gasteiger partial charge in [0.25, 0.3) is 5.91 Å².